The van der Waals surface area contributed by atoms with Crippen molar-refractivity contribution in [3.63, 3.8) is 0 Å². The van der Waals surface area contributed by atoms with Gasteiger partial charge >= 0.3 is 0 Å². The molecule has 1 aromatic carbocycles. The molecular formula is C12H7ClFN3. The van der Waals surface area contributed by atoms with Crippen LogP contribution in [0.2, 0.25) is 5.02 Å². The summed E-state index contributed by atoms with van der Waals surface area (Å²) in [4.78, 5) is 3.87. The Morgan fingerprint density at radius 3 is 2.88 bits per heavy atom. The fraction of sp³-hybridized carbons (Fsp3) is 0. The molecule has 1 heterocycles. The van der Waals surface area contributed by atoms with E-state index in [9.17, 15) is 4.39 Å². The van der Waals surface area contributed by atoms with Gasteiger partial charge in [0.25, 0.3) is 0 Å². The van der Waals surface area contributed by atoms with Crippen LogP contribution in [0.1, 0.15) is 5.56 Å². The molecule has 1 aromatic heterocycles. The maximum Gasteiger partial charge on any atom is 0.146 e. The molecule has 5 heteroatoms. The van der Waals surface area contributed by atoms with Crippen molar-refractivity contribution >= 4 is 23.0 Å². The third kappa shape index (κ3) is 2.52. The SMILES string of the molecule is N#Cc1ccncc1Nc1cc(Cl)ccc1F. The summed E-state index contributed by atoms with van der Waals surface area (Å²) in [6.45, 7) is 0. The van der Waals surface area contributed by atoms with E-state index in [1.165, 1.54) is 30.6 Å². The molecule has 0 saturated carbocycles. The van der Waals surface area contributed by atoms with Gasteiger partial charge in [-0.3, -0.25) is 4.98 Å². The molecule has 0 amide bonds. The summed E-state index contributed by atoms with van der Waals surface area (Å²) < 4.78 is 13.5. The van der Waals surface area contributed by atoms with E-state index < -0.39 is 5.82 Å². The average Bonchev–Trinajstić information content (AvgIpc) is 2.34. The highest BCUT2D eigenvalue weighted by molar-refractivity contribution is 6.30. The molecule has 0 spiro atoms. The Labute approximate surface area is 102 Å². The second-order valence-electron chi connectivity index (χ2n) is 3.28. The number of benzene rings is 1. The predicted octanol–water partition coefficient (Wildman–Crippen LogP) is 3.49. The van der Waals surface area contributed by atoms with Crippen molar-refractivity contribution in [1.29, 1.82) is 5.26 Å². The van der Waals surface area contributed by atoms with Gasteiger partial charge < -0.3 is 5.32 Å². The van der Waals surface area contributed by atoms with Gasteiger partial charge in [0.2, 0.25) is 0 Å². The van der Waals surface area contributed by atoms with Crippen molar-refractivity contribution in [2.75, 3.05) is 5.32 Å². The summed E-state index contributed by atoms with van der Waals surface area (Å²) in [5, 5.41) is 12.1. The van der Waals surface area contributed by atoms with Crippen LogP contribution in [-0.4, -0.2) is 4.98 Å². The summed E-state index contributed by atoms with van der Waals surface area (Å²) in [5.74, 6) is -0.442. The molecular weight excluding hydrogens is 241 g/mol. The maximum atomic E-state index is 13.5. The number of nitrogens with zero attached hydrogens (tertiary/aromatic N) is 2. The number of aromatic nitrogens is 1. The first-order valence-corrected chi connectivity index (χ1v) is 5.14. The van der Waals surface area contributed by atoms with E-state index in [1.54, 1.807) is 6.07 Å². The minimum atomic E-state index is -0.442. The van der Waals surface area contributed by atoms with E-state index >= 15 is 0 Å². The Balaban J connectivity index is 2.38. The molecule has 0 atom stereocenters. The minimum absolute atomic E-state index is 0.210. The van der Waals surface area contributed by atoms with E-state index in [-0.39, 0.29) is 5.69 Å². The Morgan fingerprint density at radius 2 is 2.12 bits per heavy atom. The lowest BCUT2D eigenvalue weighted by Gasteiger charge is -2.08. The minimum Gasteiger partial charge on any atom is -0.351 e. The Hall–Kier alpha value is -2.12. The van der Waals surface area contributed by atoms with Gasteiger partial charge in [0, 0.05) is 11.2 Å². The maximum absolute atomic E-state index is 13.5. The second kappa shape index (κ2) is 4.81. The third-order valence-electron chi connectivity index (χ3n) is 2.14. The van der Waals surface area contributed by atoms with Crippen LogP contribution in [0.25, 0.3) is 0 Å². The molecule has 1 N–H and O–H groups in total. The van der Waals surface area contributed by atoms with Crippen molar-refractivity contribution in [3.8, 4) is 6.07 Å². The van der Waals surface area contributed by atoms with E-state index in [2.05, 4.69) is 10.3 Å². The zero-order valence-corrected chi connectivity index (χ0v) is 9.37. The molecule has 17 heavy (non-hydrogen) atoms. The topological polar surface area (TPSA) is 48.7 Å². The van der Waals surface area contributed by atoms with Crippen LogP contribution in [0.5, 0.6) is 0 Å². The lowest BCUT2D eigenvalue weighted by molar-refractivity contribution is 0.632. The normalized spacial score (nSPS) is 9.71. The number of pyridine rings is 1. The summed E-state index contributed by atoms with van der Waals surface area (Å²) in [7, 11) is 0. The number of halogens is 2. The average molecular weight is 248 g/mol. The molecule has 2 rings (SSSR count). The first-order chi connectivity index (χ1) is 8.20. The van der Waals surface area contributed by atoms with Crippen LogP contribution >= 0.6 is 11.6 Å². The van der Waals surface area contributed by atoms with Crippen LogP contribution < -0.4 is 5.32 Å². The fourth-order valence-electron chi connectivity index (χ4n) is 1.33. The van der Waals surface area contributed by atoms with E-state index in [1.807, 2.05) is 6.07 Å². The highest BCUT2D eigenvalue weighted by Crippen LogP contribution is 2.24. The van der Waals surface area contributed by atoms with Crippen LogP contribution in [-0.2, 0) is 0 Å². The molecule has 0 aliphatic rings. The zero-order valence-electron chi connectivity index (χ0n) is 8.61. The van der Waals surface area contributed by atoms with Crippen LogP contribution in [0.15, 0.2) is 36.7 Å². The van der Waals surface area contributed by atoms with E-state index in [4.69, 9.17) is 16.9 Å². The van der Waals surface area contributed by atoms with Crippen LogP contribution in [0.4, 0.5) is 15.8 Å². The molecule has 0 fully saturated rings. The van der Waals surface area contributed by atoms with Gasteiger partial charge in [-0.05, 0) is 24.3 Å². The van der Waals surface area contributed by atoms with Gasteiger partial charge in [-0.25, -0.2) is 4.39 Å². The standard InChI is InChI=1S/C12H7ClFN3/c13-9-1-2-10(14)11(5-9)17-12-7-16-4-3-8(12)6-15/h1-5,7,17H. The van der Waals surface area contributed by atoms with Crippen molar-refractivity contribution in [1.82, 2.24) is 4.98 Å². The quantitative estimate of drug-likeness (QED) is 0.884. The summed E-state index contributed by atoms with van der Waals surface area (Å²) in [5.41, 5.74) is 1.04. The number of hydrogen-bond donors (Lipinski definition) is 1. The third-order valence-corrected chi connectivity index (χ3v) is 2.37. The molecule has 0 unspecified atom stereocenters. The smallest absolute Gasteiger partial charge is 0.146 e. The Kier molecular flexibility index (Phi) is 3.22. The van der Waals surface area contributed by atoms with Crippen molar-refractivity contribution in [3.05, 3.63) is 53.1 Å². The number of nitriles is 1. The highest BCUT2D eigenvalue weighted by atomic mass is 35.5. The Bertz CT molecular complexity index is 593. The second-order valence-corrected chi connectivity index (χ2v) is 3.72. The van der Waals surface area contributed by atoms with E-state index in [0.717, 1.165) is 0 Å². The molecule has 0 bridgehead atoms. The molecule has 0 radical (unpaired) electrons. The largest absolute Gasteiger partial charge is 0.351 e. The van der Waals surface area contributed by atoms with Crippen LogP contribution in [0.3, 0.4) is 0 Å². The summed E-state index contributed by atoms with van der Waals surface area (Å²) >= 11 is 5.77. The first kappa shape index (κ1) is 11.4. The van der Waals surface area contributed by atoms with Gasteiger partial charge in [-0.15, -0.1) is 0 Å². The zero-order chi connectivity index (χ0) is 12.3. The van der Waals surface area contributed by atoms with Crippen molar-refractivity contribution in [2.45, 2.75) is 0 Å². The van der Waals surface area contributed by atoms with Gasteiger partial charge in [0.05, 0.1) is 23.1 Å². The van der Waals surface area contributed by atoms with Crippen LogP contribution in [0, 0.1) is 17.1 Å². The monoisotopic (exact) mass is 247 g/mol. The summed E-state index contributed by atoms with van der Waals surface area (Å²) in [6.07, 6.45) is 2.96. The first-order valence-electron chi connectivity index (χ1n) is 4.77. The molecule has 84 valence electrons. The lowest BCUT2D eigenvalue weighted by atomic mass is 10.2. The summed E-state index contributed by atoms with van der Waals surface area (Å²) in [6, 6.07) is 7.70. The molecule has 0 aliphatic heterocycles. The highest BCUT2D eigenvalue weighted by Gasteiger charge is 2.06. The van der Waals surface area contributed by atoms with Gasteiger partial charge in [-0.2, -0.15) is 5.26 Å². The molecule has 3 nitrogen and oxygen atoms in total. The number of anilines is 2. The number of hydrogen-bond acceptors (Lipinski definition) is 3. The van der Waals surface area contributed by atoms with E-state index in [0.29, 0.717) is 16.3 Å². The fourth-order valence-corrected chi connectivity index (χ4v) is 1.50. The number of nitrogens with one attached hydrogen (secondary N) is 1. The number of rotatable bonds is 2. The lowest BCUT2D eigenvalue weighted by Crippen LogP contribution is -1.96. The molecule has 2 aromatic rings. The Morgan fingerprint density at radius 1 is 1.29 bits per heavy atom. The van der Waals surface area contributed by atoms with Crippen molar-refractivity contribution in [2.24, 2.45) is 0 Å². The van der Waals surface area contributed by atoms with Crippen molar-refractivity contribution < 1.29 is 4.39 Å². The van der Waals surface area contributed by atoms with Gasteiger partial charge in [0.15, 0.2) is 0 Å². The van der Waals surface area contributed by atoms with Gasteiger partial charge in [0.1, 0.15) is 11.9 Å². The van der Waals surface area contributed by atoms with Gasteiger partial charge in [-0.1, -0.05) is 11.6 Å². The molecule has 0 aliphatic carbocycles. The molecule has 0 saturated heterocycles. The predicted molar refractivity (Wildman–Crippen MR) is 63.6 cm³/mol.